The largest absolute Gasteiger partial charge is 0.391 e. The molecule has 1 aliphatic rings. The van der Waals surface area contributed by atoms with Gasteiger partial charge < -0.3 is 15.7 Å². The molecule has 5 heteroatoms. The summed E-state index contributed by atoms with van der Waals surface area (Å²) in [5.41, 5.74) is 5.99. The fourth-order valence-electron chi connectivity index (χ4n) is 2.67. The molecule has 2 rings (SSSR count). The Morgan fingerprint density at radius 2 is 2.20 bits per heavy atom. The van der Waals surface area contributed by atoms with Crippen LogP contribution in [0.4, 0.5) is 4.39 Å². The molecule has 110 valence electrons. The third kappa shape index (κ3) is 3.55. The van der Waals surface area contributed by atoms with E-state index in [1.165, 1.54) is 6.07 Å². The third-order valence-electron chi connectivity index (χ3n) is 3.87. The van der Waals surface area contributed by atoms with Gasteiger partial charge in [-0.25, -0.2) is 4.39 Å². The van der Waals surface area contributed by atoms with Crippen LogP contribution in [-0.4, -0.2) is 41.7 Å². The van der Waals surface area contributed by atoms with Crippen LogP contribution in [0, 0.1) is 11.7 Å². The van der Waals surface area contributed by atoms with Gasteiger partial charge in [-0.2, -0.15) is 0 Å². The van der Waals surface area contributed by atoms with Crippen LogP contribution in [-0.2, 0) is 11.2 Å². The average molecular weight is 280 g/mol. The SMILES string of the molecule is NCCC(=O)N1CC[C@H](Cc2ccccc2F)[C@H](O)C1. The van der Waals surface area contributed by atoms with E-state index < -0.39 is 6.10 Å². The number of hydrogen-bond acceptors (Lipinski definition) is 3. The van der Waals surface area contributed by atoms with Gasteiger partial charge in [0.15, 0.2) is 0 Å². The molecule has 0 bridgehead atoms. The number of likely N-dealkylation sites (tertiary alicyclic amines) is 1. The second-order valence-corrected chi connectivity index (χ2v) is 5.29. The Bertz CT molecular complexity index is 467. The maximum atomic E-state index is 13.6. The molecule has 2 atom stereocenters. The van der Waals surface area contributed by atoms with Crippen LogP contribution in [0.1, 0.15) is 18.4 Å². The standard InChI is InChI=1S/C15H21FN2O2/c16-13-4-2-1-3-11(13)9-12-6-8-18(10-14(12)19)15(20)5-7-17/h1-4,12,14,19H,5-10,17H2/t12-,14-/m1/s1. The summed E-state index contributed by atoms with van der Waals surface area (Å²) in [5.74, 6) is -0.258. The van der Waals surface area contributed by atoms with E-state index in [9.17, 15) is 14.3 Å². The molecule has 0 saturated carbocycles. The number of piperidine rings is 1. The summed E-state index contributed by atoms with van der Waals surface area (Å²) in [6, 6.07) is 6.63. The number of halogens is 1. The number of amides is 1. The Kier molecular flexibility index (Phi) is 5.09. The number of carbonyl (C=O) groups is 1. The zero-order chi connectivity index (χ0) is 14.5. The van der Waals surface area contributed by atoms with Crippen molar-refractivity contribution in [3.8, 4) is 0 Å². The molecular formula is C15H21FN2O2. The number of nitrogens with two attached hydrogens (primary N) is 1. The number of aliphatic hydroxyl groups is 1. The van der Waals surface area contributed by atoms with Crippen LogP contribution in [0.3, 0.4) is 0 Å². The number of hydrogen-bond donors (Lipinski definition) is 2. The Balaban J connectivity index is 1.93. The predicted octanol–water partition coefficient (Wildman–Crippen LogP) is 0.926. The molecule has 4 nitrogen and oxygen atoms in total. The van der Waals surface area contributed by atoms with Gasteiger partial charge >= 0.3 is 0 Å². The molecule has 1 amide bonds. The first kappa shape index (κ1) is 14.9. The number of benzene rings is 1. The number of β-amino-alcohol motifs (C(OH)–C–C–N with tert-alkyl or cyclic N) is 1. The Hall–Kier alpha value is -1.46. The first-order chi connectivity index (χ1) is 9.61. The summed E-state index contributed by atoms with van der Waals surface area (Å²) in [4.78, 5) is 13.4. The van der Waals surface area contributed by atoms with Gasteiger partial charge in [0.1, 0.15) is 5.82 Å². The molecule has 20 heavy (non-hydrogen) atoms. The summed E-state index contributed by atoms with van der Waals surface area (Å²) in [7, 11) is 0. The Morgan fingerprint density at radius 3 is 2.85 bits per heavy atom. The Morgan fingerprint density at radius 1 is 1.45 bits per heavy atom. The minimum atomic E-state index is -0.606. The molecule has 0 spiro atoms. The normalized spacial score (nSPS) is 22.9. The maximum absolute atomic E-state index is 13.6. The van der Waals surface area contributed by atoms with E-state index in [2.05, 4.69) is 0 Å². The highest BCUT2D eigenvalue weighted by atomic mass is 19.1. The lowest BCUT2D eigenvalue weighted by Gasteiger charge is -2.36. The molecule has 1 heterocycles. The zero-order valence-electron chi connectivity index (χ0n) is 11.5. The van der Waals surface area contributed by atoms with Crippen molar-refractivity contribution >= 4 is 5.91 Å². The fourth-order valence-corrected chi connectivity index (χ4v) is 2.67. The summed E-state index contributed by atoms with van der Waals surface area (Å²) in [5, 5.41) is 10.2. The minimum absolute atomic E-state index is 0.00572. The third-order valence-corrected chi connectivity index (χ3v) is 3.87. The number of nitrogens with zero attached hydrogens (tertiary/aromatic N) is 1. The molecule has 1 saturated heterocycles. The van der Waals surface area contributed by atoms with Gasteiger partial charge in [-0.3, -0.25) is 4.79 Å². The van der Waals surface area contributed by atoms with Gasteiger partial charge in [0.05, 0.1) is 6.10 Å². The van der Waals surface area contributed by atoms with Crippen molar-refractivity contribution in [1.29, 1.82) is 0 Å². The lowest BCUT2D eigenvalue weighted by Crippen LogP contribution is -2.47. The predicted molar refractivity (Wildman–Crippen MR) is 74.5 cm³/mol. The van der Waals surface area contributed by atoms with Crippen LogP contribution >= 0.6 is 0 Å². The number of carbonyl (C=O) groups excluding carboxylic acids is 1. The Labute approximate surface area is 118 Å². The van der Waals surface area contributed by atoms with E-state index in [4.69, 9.17) is 5.73 Å². The molecule has 1 aromatic rings. The van der Waals surface area contributed by atoms with Crippen molar-refractivity contribution < 1.29 is 14.3 Å². The number of aliphatic hydroxyl groups excluding tert-OH is 1. The van der Waals surface area contributed by atoms with Crippen molar-refractivity contribution in [3.05, 3.63) is 35.6 Å². The van der Waals surface area contributed by atoms with Crippen molar-refractivity contribution in [2.45, 2.75) is 25.4 Å². The summed E-state index contributed by atoms with van der Waals surface area (Å²) >= 11 is 0. The lowest BCUT2D eigenvalue weighted by molar-refractivity contribution is -0.135. The first-order valence-corrected chi connectivity index (χ1v) is 7.01. The zero-order valence-corrected chi connectivity index (χ0v) is 11.5. The van der Waals surface area contributed by atoms with Crippen molar-refractivity contribution in [3.63, 3.8) is 0 Å². The number of rotatable bonds is 4. The van der Waals surface area contributed by atoms with E-state index in [1.807, 2.05) is 0 Å². The highest BCUT2D eigenvalue weighted by Crippen LogP contribution is 2.23. The molecule has 0 radical (unpaired) electrons. The molecule has 0 aliphatic carbocycles. The smallest absolute Gasteiger partial charge is 0.223 e. The van der Waals surface area contributed by atoms with Crippen LogP contribution in [0.2, 0.25) is 0 Å². The van der Waals surface area contributed by atoms with E-state index in [0.29, 0.717) is 44.5 Å². The van der Waals surface area contributed by atoms with Crippen molar-refractivity contribution in [2.24, 2.45) is 11.7 Å². The van der Waals surface area contributed by atoms with Crippen LogP contribution < -0.4 is 5.73 Å². The minimum Gasteiger partial charge on any atom is -0.391 e. The molecule has 3 N–H and O–H groups in total. The monoisotopic (exact) mass is 280 g/mol. The first-order valence-electron chi connectivity index (χ1n) is 7.01. The molecule has 1 aliphatic heterocycles. The van der Waals surface area contributed by atoms with Crippen molar-refractivity contribution in [2.75, 3.05) is 19.6 Å². The molecular weight excluding hydrogens is 259 g/mol. The topological polar surface area (TPSA) is 66.6 Å². The average Bonchev–Trinajstić information content (AvgIpc) is 2.43. The molecule has 1 aromatic carbocycles. The van der Waals surface area contributed by atoms with Gasteiger partial charge in [-0.1, -0.05) is 18.2 Å². The molecule has 0 aromatic heterocycles. The molecule has 1 fully saturated rings. The van der Waals surface area contributed by atoms with Gasteiger partial charge in [0.25, 0.3) is 0 Å². The van der Waals surface area contributed by atoms with E-state index >= 15 is 0 Å². The van der Waals surface area contributed by atoms with Crippen LogP contribution in [0.25, 0.3) is 0 Å². The highest BCUT2D eigenvalue weighted by Gasteiger charge is 2.30. The summed E-state index contributed by atoms with van der Waals surface area (Å²) in [6.45, 7) is 1.25. The van der Waals surface area contributed by atoms with Crippen LogP contribution in [0.15, 0.2) is 24.3 Å². The van der Waals surface area contributed by atoms with Crippen LogP contribution in [0.5, 0.6) is 0 Å². The quantitative estimate of drug-likeness (QED) is 0.862. The highest BCUT2D eigenvalue weighted by molar-refractivity contribution is 5.76. The van der Waals surface area contributed by atoms with E-state index in [-0.39, 0.29) is 17.6 Å². The summed E-state index contributed by atoms with van der Waals surface area (Å²) < 4.78 is 13.6. The second-order valence-electron chi connectivity index (χ2n) is 5.29. The van der Waals surface area contributed by atoms with E-state index in [0.717, 1.165) is 0 Å². The van der Waals surface area contributed by atoms with Gasteiger partial charge in [-0.15, -0.1) is 0 Å². The molecule has 0 unspecified atom stereocenters. The summed E-state index contributed by atoms with van der Waals surface area (Å²) in [6.07, 6.45) is 0.897. The van der Waals surface area contributed by atoms with Gasteiger partial charge in [-0.05, 0) is 30.4 Å². The fraction of sp³-hybridized carbons (Fsp3) is 0.533. The van der Waals surface area contributed by atoms with Gasteiger partial charge in [0, 0.05) is 26.1 Å². The maximum Gasteiger partial charge on any atom is 0.223 e. The second kappa shape index (κ2) is 6.81. The van der Waals surface area contributed by atoms with E-state index in [1.54, 1.807) is 23.1 Å². The van der Waals surface area contributed by atoms with Gasteiger partial charge in [0.2, 0.25) is 5.91 Å². The van der Waals surface area contributed by atoms with Crippen molar-refractivity contribution in [1.82, 2.24) is 4.90 Å². The lowest BCUT2D eigenvalue weighted by atomic mass is 9.87.